The molecule has 29 heavy (non-hydrogen) atoms. The molecule has 3 rings (SSSR count). The molecule has 150 valence electrons. The number of nitrogens with one attached hydrogen (secondary N) is 1. The molecule has 0 saturated carbocycles. The quantitative estimate of drug-likeness (QED) is 0.455. The van der Waals surface area contributed by atoms with Crippen molar-refractivity contribution in [3.05, 3.63) is 76.2 Å². The number of hydrogen-bond donors (Lipinski definition) is 1. The second kappa shape index (κ2) is 9.09. The first-order chi connectivity index (χ1) is 13.9. The molecule has 0 fully saturated rings. The number of nitrogens with zero attached hydrogens (tertiary/aromatic N) is 3. The molecular weight excluding hydrogens is 372 g/mol. The third-order valence-corrected chi connectivity index (χ3v) is 4.49. The van der Waals surface area contributed by atoms with Crippen LogP contribution in [0.15, 0.2) is 59.1 Å². The van der Waals surface area contributed by atoms with Gasteiger partial charge in [-0.2, -0.15) is 4.98 Å². The normalized spacial score (nSPS) is 12.0. The zero-order chi connectivity index (χ0) is 20.8. The zero-order valence-corrected chi connectivity index (χ0v) is 16.2. The number of aryl methyl sites for hydroxylation is 1. The van der Waals surface area contributed by atoms with Crippen molar-refractivity contribution < 1.29 is 14.2 Å². The molecule has 8 heteroatoms. The van der Waals surface area contributed by atoms with Gasteiger partial charge in [-0.3, -0.25) is 14.9 Å². The van der Waals surface area contributed by atoms with Crippen molar-refractivity contribution in [2.75, 3.05) is 0 Å². The van der Waals surface area contributed by atoms with E-state index in [-0.39, 0.29) is 29.2 Å². The first kappa shape index (κ1) is 20.2. The standard InChI is InChI=1S/C21H22N4O4/c1-14(2)19(22-18(26)12-11-15-7-4-3-5-8-15)21-23-20(24-29-21)16-9-6-10-17(13-16)25(27)28/h3-10,13-14,19H,11-12H2,1-2H3,(H,22,26). The Kier molecular flexibility index (Phi) is 6.33. The molecule has 0 saturated heterocycles. The van der Waals surface area contributed by atoms with Crippen molar-refractivity contribution in [1.29, 1.82) is 0 Å². The predicted molar refractivity (Wildman–Crippen MR) is 107 cm³/mol. The monoisotopic (exact) mass is 394 g/mol. The molecule has 1 N–H and O–H groups in total. The van der Waals surface area contributed by atoms with Crippen LogP contribution in [-0.2, 0) is 11.2 Å². The van der Waals surface area contributed by atoms with Gasteiger partial charge in [-0.15, -0.1) is 0 Å². The lowest BCUT2D eigenvalue weighted by Gasteiger charge is -2.18. The molecule has 8 nitrogen and oxygen atoms in total. The maximum absolute atomic E-state index is 12.4. The van der Waals surface area contributed by atoms with Crippen LogP contribution in [0.1, 0.15) is 37.8 Å². The Bertz CT molecular complexity index is 985. The van der Waals surface area contributed by atoms with E-state index in [9.17, 15) is 14.9 Å². The topological polar surface area (TPSA) is 111 Å². The summed E-state index contributed by atoms with van der Waals surface area (Å²) in [5, 5.41) is 17.9. The fourth-order valence-electron chi connectivity index (χ4n) is 2.90. The lowest BCUT2D eigenvalue weighted by Crippen LogP contribution is -2.32. The van der Waals surface area contributed by atoms with E-state index in [1.807, 2.05) is 44.2 Å². The molecule has 0 aliphatic heterocycles. The molecule has 0 aliphatic rings. The van der Waals surface area contributed by atoms with Gasteiger partial charge in [0.2, 0.25) is 17.6 Å². The summed E-state index contributed by atoms with van der Waals surface area (Å²) in [5.74, 6) is 0.430. The third kappa shape index (κ3) is 5.25. The number of nitro groups is 1. The SMILES string of the molecule is CC(C)C(NC(=O)CCc1ccccc1)c1nc(-c2cccc([N+](=O)[O-])c2)no1. The van der Waals surface area contributed by atoms with Gasteiger partial charge in [0, 0.05) is 24.1 Å². The van der Waals surface area contributed by atoms with Crippen LogP contribution in [0, 0.1) is 16.0 Å². The highest BCUT2D eigenvalue weighted by Crippen LogP contribution is 2.25. The maximum Gasteiger partial charge on any atom is 0.270 e. The molecular formula is C21H22N4O4. The predicted octanol–water partition coefficient (Wildman–Crippen LogP) is 4.09. The Morgan fingerprint density at radius 2 is 1.93 bits per heavy atom. The van der Waals surface area contributed by atoms with Gasteiger partial charge in [-0.25, -0.2) is 0 Å². The maximum atomic E-state index is 12.4. The van der Waals surface area contributed by atoms with Crippen LogP contribution >= 0.6 is 0 Å². The number of aromatic nitrogens is 2. The molecule has 0 spiro atoms. The van der Waals surface area contributed by atoms with Gasteiger partial charge in [-0.1, -0.05) is 61.5 Å². The van der Waals surface area contributed by atoms with Gasteiger partial charge in [0.25, 0.3) is 5.69 Å². The third-order valence-electron chi connectivity index (χ3n) is 4.49. The van der Waals surface area contributed by atoms with Crippen LogP contribution < -0.4 is 5.32 Å². The molecule has 0 radical (unpaired) electrons. The van der Waals surface area contributed by atoms with Crippen LogP contribution in [0.2, 0.25) is 0 Å². The lowest BCUT2D eigenvalue weighted by molar-refractivity contribution is -0.384. The van der Waals surface area contributed by atoms with E-state index in [1.54, 1.807) is 12.1 Å². The number of carbonyl (C=O) groups excluding carboxylic acids is 1. The minimum atomic E-state index is -0.478. The Morgan fingerprint density at radius 1 is 1.17 bits per heavy atom. The van der Waals surface area contributed by atoms with E-state index in [1.165, 1.54) is 12.1 Å². The second-order valence-corrected chi connectivity index (χ2v) is 7.04. The van der Waals surface area contributed by atoms with E-state index in [0.717, 1.165) is 5.56 Å². The largest absolute Gasteiger partial charge is 0.344 e. The average Bonchev–Trinajstić information content (AvgIpc) is 3.21. The minimum absolute atomic E-state index is 0.0223. The summed E-state index contributed by atoms with van der Waals surface area (Å²) in [6.07, 6.45) is 0.985. The summed E-state index contributed by atoms with van der Waals surface area (Å²) in [7, 11) is 0. The molecule has 0 bridgehead atoms. The highest BCUT2D eigenvalue weighted by Gasteiger charge is 2.25. The van der Waals surface area contributed by atoms with E-state index < -0.39 is 11.0 Å². The number of hydrogen-bond acceptors (Lipinski definition) is 6. The Labute approximate surface area is 168 Å². The highest BCUT2D eigenvalue weighted by molar-refractivity contribution is 5.76. The molecule has 1 heterocycles. The van der Waals surface area contributed by atoms with Crippen LogP contribution in [0.3, 0.4) is 0 Å². The van der Waals surface area contributed by atoms with Crippen molar-refractivity contribution in [2.24, 2.45) is 5.92 Å². The fraction of sp³-hybridized carbons (Fsp3) is 0.286. The first-order valence-corrected chi connectivity index (χ1v) is 9.35. The summed E-state index contributed by atoms with van der Waals surface area (Å²) in [4.78, 5) is 27.3. The molecule has 1 amide bonds. The molecule has 1 aromatic heterocycles. The molecule has 0 aliphatic carbocycles. The molecule has 1 unspecified atom stereocenters. The van der Waals surface area contributed by atoms with Gasteiger partial charge in [0.15, 0.2) is 0 Å². The molecule has 1 atom stereocenters. The number of amides is 1. The number of non-ortho nitro benzene ring substituents is 1. The smallest absolute Gasteiger partial charge is 0.270 e. The Balaban J connectivity index is 1.70. The summed E-state index contributed by atoms with van der Waals surface area (Å²) < 4.78 is 5.36. The van der Waals surface area contributed by atoms with Crippen molar-refractivity contribution in [1.82, 2.24) is 15.5 Å². The Hall–Kier alpha value is -3.55. The van der Waals surface area contributed by atoms with E-state index in [4.69, 9.17) is 4.52 Å². The van der Waals surface area contributed by atoms with E-state index in [2.05, 4.69) is 15.5 Å². The second-order valence-electron chi connectivity index (χ2n) is 7.04. The van der Waals surface area contributed by atoms with Gasteiger partial charge in [-0.05, 0) is 17.9 Å². The highest BCUT2D eigenvalue weighted by atomic mass is 16.6. The molecule has 2 aromatic carbocycles. The fourth-order valence-corrected chi connectivity index (χ4v) is 2.90. The number of rotatable bonds is 8. The number of benzene rings is 2. The summed E-state index contributed by atoms with van der Waals surface area (Å²) in [6, 6.07) is 15.4. The number of carbonyl (C=O) groups is 1. The van der Waals surface area contributed by atoms with Crippen molar-refractivity contribution in [3.63, 3.8) is 0 Å². The number of nitro benzene ring substituents is 1. The van der Waals surface area contributed by atoms with Crippen molar-refractivity contribution >= 4 is 11.6 Å². The summed E-state index contributed by atoms with van der Waals surface area (Å²) in [6.45, 7) is 3.89. The molecule has 3 aromatic rings. The van der Waals surface area contributed by atoms with Crippen LogP contribution in [0.5, 0.6) is 0 Å². The summed E-state index contributed by atoms with van der Waals surface area (Å²) in [5.41, 5.74) is 1.52. The van der Waals surface area contributed by atoms with Gasteiger partial charge < -0.3 is 9.84 Å². The minimum Gasteiger partial charge on any atom is -0.344 e. The van der Waals surface area contributed by atoms with E-state index in [0.29, 0.717) is 18.4 Å². The van der Waals surface area contributed by atoms with Crippen LogP contribution in [0.25, 0.3) is 11.4 Å². The van der Waals surface area contributed by atoms with Crippen LogP contribution in [-0.4, -0.2) is 21.0 Å². The Morgan fingerprint density at radius 3 is 2.62 bits per heavy atom. The first-order valence-electron chi connectivity index (χ1n) is 9.35. The average molecular weight is 394 g/mol. The van der Waals surface area contributed by atoms with Gasteiger partial charge >= 0.3 is 0 Å². The lowest BCUT2D eigenvalue weighted by atomic mass is 10.0. The van der Waals surface area contributed by atoms with E-state index >= 15 is 0 Å². The van der Waals surface area contributed by atoms with Crippen molar-refractivity contribution in [2.45, 2.75) is 32.7 Å². The summed E-state index contributed by atoms with van der Waals surface area (Å²) >= 11 is 0. The van der Waals surface area contributed by atoms with Gasteiger partial charge in [0.1, 0.15) is 6.04 Å². The van der Waals surface area contributed by atoms with Crippen LogP contribution in [0.4, 0.5) is 5.69 Å². The van der Waals surface area contributed by atoms with Crippen molar-refractivity contribution in [3.8, 4) is 11.4 Å². The zero-order valence-electron chi connectivity index (χ0n) is 16.2. The van der Waals surface area contributed by atoms with Gasteiger partial charge in [0.05, 0.1) is 4.92 Å².